The number of benzene rings is 4. The van der Waals surface area contributed by atoms with Crippen LogP contribution in [0.15, 0.2) is 91.0 Å². The fourth-order valence-corrected chi connectivity index (χ4v) is 4.79. The van der Waals surface area contributed by atoms with Crippen molar-refractivity contribution in [3.63, 3.8) is 0 Å². The second kappa shape index (κ2) is 10.7. The highest BCUT2D eigenvalue weighted by molar-refractivity contribution is 6.31. The van der Waals surface area contributed by atoms with Crippen LogP contribution < -0.4 is 5.32 Å². The van der Waals surface area contributed by atoms with Gasteiger partial charge in [0.25, 0.3) is 5.91 Å². The molecule has 0 spiro atoms. The topological polar surface area (TPSA) is 91.6 Å². The molecule has 6 nitrogen and oxygen atoms in total. The van der Waals surface area contributed by atoms with Gasteiger partial charge in [-0.25, -0.2) is 4.79 Å². The van der Waals surface area contributed by atoms with Crippen LogP contribution in [0.5, 0.6) is 0 Å². The molecule has 0 unspecified atom stereocenters. The van der Waals surface area contributed by atoms with Gasteiger partial charge >= 0.3 is 5.97 Å². The highest BCUT2D eigenvalue weighted by Gasteiger charge is 2.25. The van der Waals surface area contributed by atoms with Crippen LogP contribution in [0.25, 0.3) is 22.0 Å². The number of carbonyl (C=O) groups is 2. The number of carboxylic acids is 1. The molecule has 5 rings (SSSR count). The molecular weight excluding hydrogens is 523 g/mol. The van der Waals surface area contributed by atoms with Crippen molar-refractivity contribution >= 4 is 51.7 Å². The molecule has 38 heavy (non-hydrogen) atoms. The Kier molecular flexibility index (Phi) is 7.20. The number of aromatic carboxylic acids is 1. The minimum absolute atomic E-state index is 0.0462. The number of halogens is 2. The van der Waals surface area contributed by atoms with Gasteiger partial charge in [-0.05, 0) is 64.7 Å². The van der Waals surface area contributed by atoms with E-state index in [2.05, 4.69) is 5.32 Å². The number of aliphatic hydroxyl groups excluding tert-OH is 1. The third-order valence-corrected chi connectivity index (χ3v) is 6.80. The Morgan fingerprint density at radius 1 is 0.789 bits per heavy atom. The zero-order valence-electron chi connectivity index (χ0n) is 20.0. The molecule has 8 heteroatoms. The van der Waals surface area contributed by atoms with Crippen LogP contribution in [0.3, 0.4) is 0 Å². The SMILES string of the molecule is O=C(Nc1c(C(=O)O)n(Cc2cccc(Cl)c2)c2cc(-c3ccc(CO)cc3)ccc12)c1ccc(Cl)cc1. The maximum Gasteiger partial charge on any atom is 0.354 e. The van der Waals surface area contributed by atoms with Crippen molar-refractivity contribution in [3.05, 3.63) is 123 Å². The van der Waals surface area contributed by atoms with Gasteiger partial charge in [-0.3, -0.25) is 4.79 Å². The lowest BCUT2D eigenvalue weighted by atomic mass is 10.0. The quantitative estimate of drug-likeness (QED) is 0.203. The summed E-state index contributed by atoms with van der Waals surface area (Å²) >= 11 is 12.2. The van der Waals surface area contributed by atoms with Crippen LogP contribution in [-0.2, 0) is 13.2 Å². The molecule has 0 aliphatic heterocycles. The lowest BCUT2D eigenvalue weighted by Gasteiger charge is -2.11. The molecule has 0 aliphatic rings. The van der Waals surface area contributed by atoms with Crippen LogP contribution in [-0.4, -0.2) is 26.7 Å². The van der Waals surface area contributed by atoms with E-state index >= 15 is 0 Å². The Balaban J connectivity index is 1.68. The number of amides is 1. The zero-order valence-corrected chi connectivity index (χ0v) is 21.5. The van der Waals surface area contributed by atoms with E-state index in [1.54, 1.807) is 47.0 Å². The predicted octanol–water partition coefficient (Wildman–Crippen LogP) is 7.11. The monoisotopic (exact) mass is 544 g/mol. The molecule has 0 atom stereocenters. The first-order valence-corrected chi connectivity index (χ1v) is 12.5. The third-order valence-electron chi connectivity index (χ3n) is 6.31. The molecule has 0 saturated heterocycles. The zero-order chi connectivity index (χ0) is 26.8. The average molecular weight is 545 g/mol. The van der Waals surface area contributed by atoms with Crippen molar-refractivity contribution in [1.29, 1.82) is 0 Å². The van der Waals surface area contributed by atoms with E-state index in [0.717, 1.165) is 22.3 Å². The van der Waals surface area contributed by atoms with Crippen molar-refractivity contribution in [2.45, 2.75) is 13.2 Å². The van der Waals surface area contributed by atoms with E-state index in [4.69, 9.17) is 23.2 Å². The first-order valence-electron chi connectivity index (χ1n) is 11.7. The largest absolute Gasteiger partial charge is 0.477 e. The van der Waals surface area contributed by atoms with E-state index < -0.39 is 11.9 Å². The number of nitrogens with zero attached hydrogens (tertiary/aromatic N) is 1. The second-order valence-corrected chi connectivity index (χ2v) is 9.67. The summed E-state index contributed by atoms with van der Waals surface area (Å²) in [6, 6.07) is 26.6. The number of rotatable bonds is 7. The van der Waals surface area contributed by atoms with Crippen LogP contribution in [0.4, 0.5) is 5.69 Å². The summed E-state index contributed by atoms with van der Waals surface area (Å²) in [4.78, 5) is 25.7. The first kappa shape index (κ1) is 25.5. The summed E-state index contributed by atoms with van der Waals surface area (Å²) < 4.78 is 1.67. The number of fused-ring (bicyclic) bond motifs is 1. The second-order valence-electron chi connectivity index (χ2n) is 8.79. The molecule has 190 valence electrons. The Morgan fingerprint density at radius 3 is 2.16 bits per heavy atom. The van der Waals surface area contributed by atoms with E-state index in [1.807, 2.05) is 48.5 Å². The van der Waals surface area contributed by atoms with Gasteiger partial charge < -0.3 is 20.1 Å². The number of carboxylic acid groups (broad SMARTS) is 1. The number of nitrogens with one attached hydrogen (secondary N) is 1. The minimum Gasteiger partial charge on any atom is -0.477 e. The van der Waals surface area contributed by atoms with Crippen molar-refractivity contribution in [1.82, 2.24) is 4.57 Å². The highest BCUT2D eigenvalue weighted by atomic mass is 35.5. The normalized spacial score (nSPS) is 11.0. The first-order chi connectivity index (χ1) is 18.3. The average Bonchev–Trinajstić information content (AvgIpc) is 3.21. The summed E-state index contributed by atoms with van der Waals surface area (Å²) in [5.74, 6) is -1.63. The Hall–Kier alpha value is -4.10. The predicted molar refractivity (Wildman–Crippen MR) is 150 cm³/mol. The lowest BCUT2D eigenvalue weighted by Crippen LogP contribution is -2.16. The van der Waals surface area contributed by atoms with Gasteiger partial charge in [0, 0.05) is 27.5 Å². The Morgan fingerprint density at radius 2 is 1.50 bits per heavy atom. The maximum absolute atomic E-state index is 13.1. The van der Waals surface area contributed by atoms with Crippen LogP contribution in [0, 0.1) is 0 Å². The molecular formula is C30H22Cl2N2O4. The fourth-order valence-electron chi connectivity index (χ4n) is 4.45. The number of hydrogen-bond donors (Lipinski definition) is 3. The number of aliphatic hydroxyl groups is 1. The molecule has 3 N–H and O–H groups in total. The molecule has 1 heterocycles. The van der Waals surface area contributed by atoms with Crippen LogP contribution in [0.1, 0.15) is 32.0 Å². The van der Waals surface area contributed by atoms with Crippen molar-refractivity contribution < 1.29 is 19.8 Å². The van der Waals surface area contributed by atoms with E-state index in [1.165, 1.54) is 0 Å². The highest BCUT2D eigenvalue weighted by Crippen LogP contribution is 2.36. The standard InChI is InChI=1S/C30H22Cl2N2O4/c31-23-11-8-21(9-12-23)29(36)33-27-25-13-10-22(20-6-4-18(17-35)5-7-20)15-26(25)34(28(27)30(37)38)16-19-2-1-3-24(32)14-19/h1-15,35H,16-17H2,(H,33,36)(H,37,38). The molecule has 0 saturated carbocycles. The lowest BCUT2D eigenvalue weighted by molar-refractivity contribution is 0.0687. The molecule has 1 amide bonds. The maximum atomic E-state index is 13.1. The van der Waals surface area contributed by atoms with Gasteiger partial charge in [0.05, 0.1) is 17.8 Å². The van der Waals surface area contributed by atoms with Gasteiger partial charge in [-0.15, -0.1) is 0 Å². The van der Waals surface area contributed by atoms with Crippen LogP contribution in [0.2, 0.25) is 10.0 Å². The van der Waals surface area contributed by atoms with Gasteiger partial charge in [-0.2, -0.15) is 0 Å². The van der Waals surface area contributed by atoms with Crippen molar-refractivity contribution in [2.75, 3.05) is 5.32 Å². The molecule has 0 aliphatic carbocycles. The number of carbonyl (C=O) groups excluding carboxylic acids is 1. The summed E-state index contributed by atoms with van der Waals surface area (Å²) in [6.45, 7) is 0.170. The summed E-state index contributed by atoms with van der Waals surface area (Å²) in [6.07, 6.45) is 0. The van der Waals surface area contributed by atoms with Crippen molar-refractivity contribution in [2.24, 2.45) is 0 Å². The van der Waals surface area contributed by atoms with Crippen molar-refractivity contribution in [3.8, 4) is 11.1 Å². The van der Waals surface area contributed by atoms with E-state index in [0.29, 0.717) is 26.5 Å². The van der Waals surface area contributed by atoms with E-state index in [9.17, 15) is 19.8 Å². The summed E-state index contributed by atoms with van der Waals surface area (Å²) in [7, 11) is 0. The summed E-state index contributed by atoms with van der Waals surface area (Å²) in [5, 5.41) is 24.1. The molecule has 0 radical (unpaired) electrons. The fraction of sp³-hybridized carbons (Fsp3) is 0.0667. The number of anilines is 1. The Bertz CT molecular complexity index is 1660. The molecule has 0 fully saturated rings. The van der Waals surface area contributed by atoms with Gasteiger partial charge in [-0.1, -0.05) is 71.7 Å². The third kappa shape index (κ3) is 5.15. The van der Waals surface area contributed by atoms with Gasteiger partial charge in [0.1, 0.15) is 0 Å². The van der Waals surface area contributed by atoms with E-state index in [-0.39, 0.29) is 24.5 Å². The summed E-state index contributed by atoms with van der Waals surface area (Å²) in [5.41, 5.74) is 4.51. The molecule has 4 aromatic carbocycles. The van der Waals surface area contributed by atoms with Gasteiger partial charge in [0.15, 0.2) is 5.69 Å². The number of aromatic nitrogens is 1. The molecule has 0 bridgehead atoms. The smallest absolute Gasteiger partial charge is 0.354 e. The van der Waals surface area contributed by atoms with Gasteiger partial charge in [0.2, 0.25) is 0 Å². The molecule has 5 aromatic rings. The van der Waals surface area contributed by atoms with Crippen LogP contribution >= 0.6 is 23.2 Å². The molecule has 1 aromatic heterocycles. The Labute approximate surface area is 228 Å². The number of hydrogen-bond acceptors (Lipinski definition) is 3. The minimum atomic E-state index is -1.18.